The van der Waals surface area contributed by atoms with Crippen LogP contribution in [0, 0.1) is 5.41 Å². The first-order chi connectivity index (χ1) is 9.00. The number of nitrogens with zero attached hydrogens (tertiary/aromatic N) is 1. The van der Waals surface area contributed by atoms with E-state index >= 15 is 0 Å². The van der Waals surface area contributed by atoms with E-state index in [1.165, 1.54) is 4.90 Å². The molecule has 0 aromatic rings. The Balaban J connectivity index is 2.19. The second-order valence-electron chi connectivity index (χ2n) is 5.75. The molecule has 0 radical (unpaired) electrons. The second kappa shape index (κ2) is 5.46. The number of carbonyl (C=O) groups excluding carboxylic acids is 1. The van der Waals surface area contributed by atoms with E-state index in [2.05, 4.69) is 0 Å². The summed E-state index contributed by atoms with van der Waals surface area (Å²) in [6, 6.07) is -0.909. The van der Waals surface area contributed by atoms with Crippen LogP contribution in [0.3, 0.4) is 0 Å². The van der Waals surface area contributed by atoms with E-state index in [0.29, 0.717) is 0 Å². The number of aliphatic hydroxyl groups excluding tert-OH is 1. The van der Waals surface area contributed by atoms with Crippen molar-refractivity contribution < 1.29 is 19.8 Å². The maximum absolute atomic E-state index is 12.7. The zero-order chi connectivity index (χ0) is 14.0. The molecule has 4 N–H and O–H groups in total. The average molecular weight is 270 g/mol. The van der Waals surface area contributed by atoms with Crippen LogP contribution in [0.15, 0.2) is 0 Å². The molecule has 108 valence electrons. The molecule has 6 heteroatoms. The number of hydrogen-bond acceptors (Lipinski definition) is 4. The minimum Gasteiger partial charge on any atom is -0.480 e. The molecule has 1 amide bonds. The number of carboxylic acids is 1. The Morgan fingerprint density at radius 1 is 1.26 bits per heavy atom. The van der Waals surface area contributed by atoms with E-state index in [0.717, 1.165) is 32.1 Å². The van der Waals surface area contributed by atoms with Crippen LogP contribution in [0.1, 0.15) is 38.5 Å². The lowest BCUT2D eigenvalue weighted by Gasteiger charge is -2.38. The highest BCUT2D eigenvalue weighted by Crippen LogP contribution is 2.38. The first kappa shape index (κ1) is 14.3. The van der Waals surface area contributed by atoms with Crippen LogP contribution in [-0.2, 0) is 9.59 Å². The first-order valence-corrected chi connectivity index (χ1v) is 6.92. The smallest absolute Gasteiger partial charge is 0.326 e. The zero-order valence-electron chi connectivity index (χ0n) is 11.0. The molecular formula is C13H22N2O4. The van der Waals surface area contributed by atoms with Crippen molar-refractivity contribution in [2.24, 2.45) is 11.1 Å². The number of rotatable bonds is 3. The number of amides is 1. The normalized spacial score (nSPS) is 30.3. The third-order valence-corrected chi connectivity index (χ3v) is 4.48. The quantitative estimate of drug-likeness (QED) is 0.666. The van der Waals surface area contributed by atoms with Gasteiger partial charge in [0.15, 0.2) is 0 Å². The van der Waals surface area contributed by atoms with Crippen molar-refractivity contribution in [2.75, 3.05) is 13.1 Å². The molecule has 2 rings (SSSR count). The van der Waals surface area contributed by atoms with Gasteiger partial charge in [0, 0.05) is 19.5 Å². The molecule has 1 saturated heterocycles. The van der Waals surface area contributed by atoms with Gasteiger partial charge in [0.1, 0.15) is 6.04 Å². The maximum atomic E-state index is 12.7. The van der Waals surface area contributed by atoms with Crippen LogP contribution in [-0.4, -0.2) is 52.2 Å². The Bertz CT molecular complexity index is 366. The number of nitrogens with two attached hydrogens (primary N) is 1. The molecule has 1 unspecified atom stereocenters. The Labute approximate surface area is 112 Å². The largest absolute Gasteiger partial charge is 0.480 e. The van der Waals surface area contributed by atoms with Crippen LogP contribution < -0.4 is 5.73 Å². The number of carbonyl (C=O) groups is 2. The average Bonchev–Trinajstić information content (AvgIpc) is 2.81. The molecule has 1 aliphatic heterocycles. The summed E-state index contributed by atoms with van der Waals surface area (Å²) in [4.78, 5) is 25.2. The second-order valence-corrected chi connectivity index (χ2v) is 5.75. The molecule has 0 bridgehead atoms. The van der Waals surface area contributed by atoms with E-state index in [-0.39, 0.29) is 25.4 Å². The summed E-state index contributed by atoms with van der Waals surface area (Å²) in [5.41, 5.74) is 5.19. The fourth-order valence-electron chi connectivity index (χ4n) is 3.31. The van der Waals surface area contributed by atoms with Gasteiger partial charge in [-0.3, -0.25) is 4.79 Å². The lowest BCUT2D eigenvalue weighted by molar-refractivity contribution is -0.154. The number of likely N-dealkylation sites (tertiary alicyclic amines) is 1. The molecule has 1 aliphatic carbocycles. The minimum atomic E-state index is -1.05. The van der Waals surface area contributed by atoms with Gasteiger partial charge in [0.2, 0.25) is 5.91 Å². The van der Waals surface area contributed by atoms with Gasteiger partial charge >= 0.3 is 5.97 Å². The molecule has 2 aliphatic rings. The summed E-state index contributed by atoms with van der Waals surface area (Å²) in [6.07, 6.45) is 3.82. The van der Waals surface area contributed by atoms with Crippen molar-refractivity contribution in [1.29, 1.82) is 0 Å². The fraction of sp³-hybridized carbons (Fsp3) is 0.846. The van der Waals surface area contributed by atoms with Crippen LogP contribution in [0.25, 0.3) is 0 Å². The van der Waals surface area contributed by atoms with E-state index in [4.69, 9.17) is 10.8 Å². The standard InChI is InChI=1S/C13H22N2O4/c14-8-13(4-2-1-3-5-13)12(19)15-7-9(16)6-10(15)11(17)18/h9-10,16H,1-8,14H2,(H,17,18)/t9?,10-/m0/s1. The summed E-state index contributed by atoms with van der Waals surface area (Å²) in [6.45, 7) is 0.363. The molecule has 0 aromatic carbocycles. The summed E-state index contributed by atoms with van der Waals surface area (Å²) in [7, 11) is 0. The van der Waals surface area contributed by atoms with Gasteiger partial charge in [0.05, 0.1) is 11.5 Å². The minimum absolute atomic E-state index is 0.109. The number of β-amino-alcohol motifs (C(OH)–C–C–N with tert-alkyl or cyclic N) is 1. The van der Waals surface area contributed by atoms with Gasteiger partial charge < -0.3 is 20.8 Å². The van der Waals surface area contributed by atoms with E-state index in [9.17, 15) is 14.7 Å². The Morgan fingerprint density at radius 3 is 2.42 bits per heavy atom. The highest BCUT2D eigenvalue weighted by atomic mass is 16.4. The summed E-state index contributed by atoms with van der Waals surface area (Å²) in [5.74, 6) is -1.23. The number of aliphatic hydroxyl groups is 1. The van der Waals surface area contributed by atoms with Gasteiger partial charge in [-0.1, -0.05) is 19.3 Å². The van der Waals surface area contributed by atoms with Crippen molar-refractivity contribution in [2.45, 2.75) is 50.7 Å². The van der Waals surface area contributed by atoms with E-state index < -0.39 is 23.5 Å². The lowest BCUT2D eigenvalue weighted by Crippen LogP contribution is -2.52. The topological polar surface area (TPSA) is 104 Å². The third-order valence-electron chi connectivity index (χ3n) is 4.48. The molecule has 19 heavy (non-hydrogen) atoms. The molecule has 1 saturated carbocycles. The van der Waals surface area contributed by atoms with Crippen molar-refractivity contribution in [1.82, 2.24) is 4.90 Å². The summed E-state index contributed by atoms with van der Waals surface area (Å²) < 4.78 is 0. The van der Waals surface area contributed by atoms with Crippen molar-refractivity contribution in [3.63, 3.8) is 0 Å². The molecule has 2 atom stereocenters. The zero-order valence-corrected chi connectivity index (χ0v) is 11.0. The van der Waals surface area contributed by atoms with Crippen LogP contribution in [0.4, 0.5) is 0 Å². The molecular weight excluding hydrogens is 248 g/mol. The summed E-state index contributed by atoms with van der Waals surface area (Å²) in [5, 5.41) is 18.8. The third kappa shape index (κ3) is 2.60. The molecule has 1 heterocycles. The van der Waals surface area contributed by atoms with Gasteiger partial charge in [0.25, 0.3) is 0 Å². The maximum Gasteiger partial charge on any atom is 0.326 e. The van der Waals surface area contributed by atoms with Crippen LogP contribution >= 0.6 is 0 Å². The summed E-state index contributed by atoms with van der Waals surface area (Å²) >= 11 is 0. The Hall–Kier alpha value is -1.14. The first-order valence-electron chi connectivity index (χ1n) is 6.92. The van der Waals surface area contributed by atoms with Gasteiger partial charge in [-0.15, -0.1) is 0 Å². The van der Waals surface area contributed by atoms with Crippen molar-refractivity contribution in [3.8, 4) is 0 Å². The highest BCUT2D eigenvalue weighted by molar-refractivity contribution is 5.88. The number of carboxylic acid groups (broad SMARTS) is 1. The lowest BCUT2D eigenvalue weighted by atomic mass is 9.73. The van der Waals surface area contributed by atoms with Crippen LogP contribution in [0.5, 0.6) is 0 Å². The van der Waals surface area contributed by atoms with E-state index in [1.807, 2.05) is 0 Å². The van der Waals surface area contributed by atoms with Crippen molar-refractivity contribution >= 4 is 11.9 Å². The van der Waals surface area contributed by atoms with Gasteiger partial charge in [-0.25, -0.2) is 4.79 Å². The Kier molecular flexibility index (Phi) is 4.10. The SMILES string of the molecule is NCC1(C(=O)N2CC(O)C[C@H]2C(=O)O)CCCCC1. The molecule has 0 spiro atoms. The van der Waals surface area contributed by atoms with Crippen LogP contribution in [0.2, 0.25) is 0 Å². The fourth-order valence-corrected chi connectivity index (χ4v) is 3.31. The van der Waals surface area contributed by atoms with Gasteiger partial charge in [-0.05, 0) is 12.8 Å². The number of hydrogen-bond donors (Lipinski definition) is 3. The predicted molar refractivity (Wildman–Crippen MR) is 68.3 cm³/mol. The molecule has 6 nitrogen and oxygen atoms in total. The Morgan fingerprint density at radius 2 is 1.89 bits per heavy atom. The molecule has 2 fully saturated rings. The predicted octanol–water partition coefficient (Wildman–Crippen LogP) is -0.0580. The number of aliphatic carboxylic acids is 1. The highest BCUT2D eigenvalue weighted by Gasteiger charge is 2.47. The monoisotopic (exact) mass is 270 g/mol. The van der Waals surface area contributed by atoms with Crippen molar-refractivity contribution in [3.05, 3.63) is 0 Å². The molecule has 0 aromatic heterocycles. The van der Waals surface area contributed by atoms with Gasteiger partial charge in [-0.2, -0.15) is 0 Å². The van der Waals surface area contributed by atoms with E-state index in [1.54, 1.807) is 0 Å².